The number of aliphatic carboxylic acids is 1. The molecule has 0 aliphatic heterocycles. The first-order chi connectivity index (χ1) is 16.8. The first-order valence-electron chi connectivity index (χ1n) is 12.4. The van der Waals surface area contributed by atoms with Crippen molar-refractivity contribution in [2.75, 3.05) is 13.1 Å². The topological polar surface area (TPSA) is 241 Å². The van der Waals surface area contributed by atoms with Crippen LogP contribution in [0.1, 0.15) is 66.2 Å². The molecule has 0 aromatic carbocycles. The van der Waals surface area contributed by atoms with Gasteiger partial charge in [0.1, 0.15) is 18.1 Å². The van der Waals surface area contributed by atoms with Crippen LogP contribution in [0.3, 0.4) is 0 Å². The van der Waals surface area contributed by atoms with Crippen molar-refractivity contribution in [2.24, 2.45) is 39.8 Å². The van der Waals surface area contributed by atoms with Crippen LogP contribution in [0.2, 0.25) is 0 Å². The van der Waals surface area contributed by atoms with Gasteiger partial charge >= 0.3 is 5.97 Å². The molecule has 13 heteroatoms. The van der Waals surface area contributed by atoms with Gasteiger partial charge in [-0.2, -0.15) is 0 Å². The van der Waals surface area contributed by atoms with Crippen LogP contribution in [-0.2, 0) is 19.2 Å². The highest BCUT2D eigenvalue weighted by atomic mass is 16.4. The molecular formula is C23H46N8O5. The Morgan fingerprint density at radius 3 is 1.92 bits per heavy atom. The van der Waals surface area contributed by atoms with E-state index in [0.717, 1.165) is 6.42 Å². The minimum Gasteiger partial charge on any atom is -0.480 e. The van der Waals surface area contributed by atoms with Crippen LogP contribution in [0.4, 0.5) is 0 Å². The van der Waals surface area contributed by atoms with E-state index in [1.54, 1.807) is 13.8 Å². The molecule has 4 unspecified atom stereocenters. The maximum atomic E-state index is 13.2. The second-order valence-electron chi connectivity index (χ2n) is 9.66. The predicted octanol–water partition coefficient (Wildman–Crippen LogP) is -1.26. The Balaban J connectivity index is 5.55. The Morgan fingerprint density at radius 2 is 1.42 bits per heavy atom. The molecule has 4 atom stereocenters. The van der Waals surface area contributed by atoms with Gasteiger partial charge in [-0.1, -0.05) is 34.1 Å². The molecule has 208 valence electrons. The molecule has 3 amide bonds. The number of carboxylic acid groups (broad SMARTS) is 1. The summed E-state index contributed by atoms with van der Waals surface area (Å²) >= 11 is 0. The minimum absolute atomic E-state index is 0.0565. The third-order valence-corrected chi connectivity index (χ3v) is 5.45. The van der Waals surface area contributed by atoms with Crippen molar-refractivity contribution in [3.63, 3.8) is 0 Å². The summed E-state index contributed by atoms with van der Waals surface area (Å²) in [5, 5.41) is 17.3. The van der Waals surface area contributed by atoms with Crippen LogP contribution in [0.5, 0.6) is 0 Å². The summed E-state index contributed by atoms with van der Waals surface area (Å²) in [4.78, 5) is 54.1. The van der Waals surface area contributed by atoms with E-state index in [4.69, 9.17) is 22.9 Å². The lowest BCUT2D eigenvalue weighted by molar-refractivity contribution is -0.143. The van der Waals surface area contributed by atoms with Gasteiger partial charge < -0.3 is 44.0 Å². The summed E-state index contributed by atoms with van der Waals surface area (Å²) in [5.74, 6) is -3.29. The summed E-state index contributed by atoms with van der Waals surface area (Å²) < 4.78 is 0. The standard InChI is InChI=1S/C23H46N8O5/c1-13(2)12-17(30-19(32)15(25)8-5-6-10-24)21(34)29-16(9-7-11-28-23(26)27)20(33)31-18(14(3)4)22(35)36/h13-18H,5-12,24-25H2,1-4H3,(H,29,34)(H,30,32)(H,31,33)(H,35,36)(H4,26,27,28). The van der Waals surface area contributed by atoms with E-state index >= 15 is 0 Å². The number of nitrogens with two attached hydrogens (primary N) is 4. The maximum Gasteiger partial charge on any atom is 0.326 e. The van der Waals surface area contributed by atoms with Crippen molar-refractivity contribution in [3.05, 3.63) is 0 Å². The third-order valence-electron chi connectivity index (χ3n) is 5.45. The zero-order chi connectivity index (χ0) is 27.8. The molecule has 0 aromatic rings. The molecule has 0 saturated carbocycles. The number of nitrogens with one attached hydrogen (secondary N) is 3. The van der Waals surface area contributed by atoms with Crippen molar-refractivity contribution >= 4 is 29.7 Å². The van der Waals surface area contributed by atoms with Crippen LogP contribution < -0.4 is 38.9 Å². The summed E-state index contributed by atoms with van der Waals surface area (Å²) in [5.41, 5.74) is 22.1. The number of rotatable bonds is 18. The van der Waals surface area contributed by atoms with Crippen LogP contribution in [-0.4, -0.2) is 72.0 Å². The molecule has 0 heterocycles. The highest BCUT2D eigenvalue weighted by Crippen LogP contribution is 2.09. The van der Waals surface area contributed by atoms with Crippen molar-refractivity contribution in [1.82, 2.24) is 16.0 Å². The van der Waals surface area contributed by atoms with E-state index in [1.165, 1.54) is 0 Å². The summed E-state index contributed by atoms with van der Waals surface area (Å²) in [6, 6.07) is -3.91. The zero-order valence-electron chi connectivity index (χ0n) is 22.0. The number of guanidine groups is 1. The fraction of sp³-hybridized carbons (Fsp3) is 0.783. The van der Waals surface area contributed by atoms with Gasteiger partial charge in [-0.3, -0.25) is 19.4 Å². The molecule has 13 nitrogen and oxygen atoms in total. The number of amides is 3. The first kappa shape index (κ1) is 33.1. The fourth-order valence-corrected chi connectivity index (χ4v) is 3.43. The van der Waals surface area contributed by atoms with Gasteiger partial charge in [0.05, 0.1) is 6.04 Å². The van der Waals surface area contributed by atoms with E-state index in [2.05, 4.69) is 20.9 Å². The van der Waals surface area contributed by atoms with Gasteiger partial charge in [0.25, 0.3) is 0 Å². The predicted molar refractivity (Wildman–Crippen MR) is 139 cm³/mol. The molecule has 0 spiro atoms. The number of hydrogen-bond donors (Lipinski definition) is 8. The number of hydrogen-bond acceptors (Lipinski definition) is 7. The second kappa shape index (κ2) is 17.5. The molecule has 0 saturated heterocycles. The van der Waals surface area contributed by atoms with Crippen LogP contribution in [0.15, 0.2) is 4.99 Å². The number of aliphatic imine (C=N–C) groups is 1. The lowest BCUT2D eigenvalue weighted by Crippen LogP contribution is -2.57. The van der Waals surface area contributed by atoms with E-state index in [0.29, 0.717) is 32.2 Å². The van der Waals surface area contributed by atoms with Crippen molar-refractivity contribution in [1.29, 1.82) is 0 Å². The monoisotopic (exact) mass is 514 g/mol. The van der Waals surface area contributed by atoms with E-state index in [9.17, 15) is 24.3 Å². The molecule has 0 aliphatic carbocycles. The van der Waals surface area contributed by atoms with Gasteiger partial charge in [-0.15, -0.1) is 0 Å². The van der Waals surface area contributed by atoms with Crippen LogP contribution >= 0.6 is 0 Å². The smallest absolute Gasteiger partial charge is 0.326 e. The van der Waals surface area contributed by atoms with Gasteiger partial charge in [-0.25, -0.2) is 4.79 Å². The molecule has 0 radical (unpaired) electrons. The normalized spacial score (nSPS) is 14.4. The number of carboxylic acids is 1. The Kier molecular flexibility index (Phi) is 16.1. The maximum absolute atomic E-state index is 13.2. The average molecular weight is 515 g/mol. The Morgan fingerprint density at radius 1 is 0.833 bits per heavy atom. The molecule has 0 fully saturated rings. The fourth-order valence-electron chi connectivity index (χ4n) is 3.43. The largest absolute Gasteiger partial charge is 0.480 e. The number of carbonyl (C=O) groups excluding carboxylic acids is 3. The summed E-state index contributed by atoms with van der Waals surface area (Å²) in [6.45, 7) is 7.84. The molecule has 0 aromatic heterocycles. The van der Waals surface area contributed by atoms with Gasteiger partial charge in [-0.05, 0) is 50.5 Å². The summed E-state index contributed by atoms with van der Waals surface area (Å²) in [6.07, 6.45) is 2.68. The number of unbranched alkanes of at least 4 members (excludes halogenated alkanes) is 1. The van der Waals surface area contributed by atoms with Crippen LogP contribution in [0, 0.1) is 11.8 Å². The summed E-state index contributed by atoms with van der Waals surface area (Å²) in [7, 11) is 0. The highest BCUT2D eigenvalue weighted by molar-refractivity contribution is 5.94. The lowest BCUT2D eigenvalue weighted by atomic mass is 10.0. The second-order valence-corrected chi connectivity index (χ2v) is 9.66. The average Bonchev–Trinajstić information content (AvgIpc) is 2.77. The lowest BCUT2D eigenvalue weighted by Gasteiger charge is -2.26. The van der Waals surface area contributed by atoms with E-state index in [-0.39, 0.29) is 30.8 Å². The van der Waals surface area contributed by atoms with Crippen LogP contribution in [0.25, 0.3) is 0 Å². The minimum atomic E-state index is -1.18. The third kappa shape index (κ3) is 13.8. The van der Waals surface area contributed by atoms with Crippen molar-refractivity contribution in [3.8, 4) is 0 Å². The van der Waals surface area contributed by atoms with E-state index < -0.39 is 47.9 Å². The van der Waals surface area contributed by atoms with Gasteiger partial charge in [0, 0.05) is 6.54 Å². The molecule has 36 heavy (non-hydrogen) atoms. The SMILES string of the molecule is CC(C)CC(NC(=O)C(N)CCCCN)C(=O)NC(CCCN=C(N)N)C(=O)NC(C(=O)O)C(C)C. The Labute approximate surface area is 213 Å². The van der Waals surface area contributed by atoms with Gasteiger partial charge in [0.15, 0.2) is 5.96 Å². The Hall–Kier alpha value is -2.93. The first-order valence-corrected chi connectivity index (χ1v) is 12.4. The quantitative estimate of drug-likeness (QED) is 0.0617. The van der Waals surface area contributed by atoms with Crippen molar-refractivity contribution < 1.29 is 24.3 Å². The highest BCUT2D eigenvalue weighted by Gasteiger charge is 2.31. The molecular weight excluding hydrogens is 468 g/mol. The zero-order valence-corrected chi connectivity index (χ0v) is 22.0. The van der Waals surface area contributed by atoms with Crippen molar-refractivity contribution in [2.45, 2.75) is 90.4 Å². The molecule has 12 N–H and O–H groups in total. The molecule has 0 bridgehead atoms. The van der Waals surface area contributed by atoms with E-state index in [1.807, 2.05) is 13.8 Å². The van der Waals surface area contributed by atoms with Gasteiger partial charge in [0.2, 0.25) is 17.7 Å². The molecule has 0 rings (SSSR count). The Bertz CT molecular complexity index is 740. The number of nitrogens with zero attached hydrogens (tertiary/aromatic N) is 1. The number of carbonyl (C=O) groups is 4. The molecule has 0 aliphatic rings.